The summed E-state index contributed by atoms with van der Waals surface area (Å²) in [6.07, 6.45) is 13.0. The zero-order chi connectivity index (χ0) is 30.0. The van der Waals surface area contributed by atoms with Gasteiger partial charge in [-0.2, -0.15) is 23.4 Å². The monoisotopic (exact) mass is 595 g/mol. The number of nitriles is 1. The van der Waals surface area contributed by atoms with E-state index >= 15 is 0 Å². The fourth-order valence-electron chi connectivity index (χ4n) is 9.31. The predicted molar refractivity (Wildman–Crippen MR) is 160 cm³/mol. The van der Waals surface area contributed by atoms with E-state index in [1.54, 1.807) is 6.07 Å². The number of alkyl halides is 3. The van der Waals surface area contributed by atoms with Crippen LogP contribution in [-0.2, 0) is 12.7 Å². The van der Waals surface area contributed by atoms with Crippen LogP contribution < -0.4 is 10.6 Å². The SMILES string of the molecule is N#Cc1cnc(NCc2ccccc2C(F)(F)F)nc1NCC12CC3C[C@H](C1)C(CCCCC1CCC(O)CC1)[C@@H](C3)C2. The molecular weight excluding hydrogens is 551 g/mol. The molecule has 7 rings (SSSR count). The summed E-state index contributed by atoms with van der Waals surface area (Å²) in [5, 5.41) is 25.9. The molecule has 6 nitrogen and oxygen atoms in total. The summed E-state index contributed by atoms with van der Waals surface area (Å²) in [6, 6.07) is 7.65. The number of aliphatic hydroxyl groups excluding tert-OH is 1. The van der Waals surface area contributed by atoms with Gasteiger partial charge in [-0.15, -0.1) is 0 Å². The summed E-state index contributed by atoms with van der Waals surface area (Å²) in [4.78, 5) is 8.72. The van der Waals surface area contributed by atoms with E-state index in [1.165, 1.54) is 89.0 Å². The number of unbranched alkanes of at least 4 members (excludes halogenated alkanes) is 1. The van der Waals surface area contributed by atoms with Crippen LogP contribution in [0.5, 0.6) is 0 Å². The van der Waals surface area contributed by atoms with Gasteiger partial charge in [0.2, 0.25) is 5.95 Å². The highest BCUT2D eigenvalue weighted by Gasteiger charge is 2.54. The lowest BCUT2D eigenvalue weighted by molar-refractivity contribution is -0.138. The molecule has 3 N–H and O–H groups in total. The van der Waals surface area contributed by atoms with Crippen LogP contribution in [0.2, 0.25) is 0 Å². The second kappa shape index (κ2) is 12.6. The van der Waals surface area contributed by atoms with Crippen molar-refractivity contribution in [3.05, 3.63) is 47.2 Å². The Kier molecular flexibility index (Phi) is 8.86. The van der Waals surface area contributed by atoms with Crippen LogP contribution in [0, 0.1) is 46.3 Å². The first-order valence-electron chi connectivity index (χ1n) is 16.3. The molecule has 5 atom stereocenters. The first kappa shape index (κ1) is 30.2. The summed E-state index contributed by atoms with van der Waals surface area (Å²) in [5.41, 5.74) is -0.00218. The zero-order valence-electron chi connectivity index (χ0n) is 24.9. The number of benzene rings is 1. The number of hydrogen-bond donors (Lipinski definition) is 3. The third kappa shape index (κ3) is 6.95. The number of nitrogens with zero attached hydrogens (tertiary/aromatic N) is 3. The van der Waals surface area contributed by atoms with Crippen LogP contribution in [-0.4, -0.2) is 27.7 Å². The molecule has 0 aliphatic heterocycles. The smallest absolute Gasteiger partial charge is 0.393 e. The van der Waals surface area contributed by atoms with E-state index in [-0.39, 0.29) is 29.6 Å². The van der Waals surface area contributed by atoms with E-state index in [0.717, 1.165) is 55.0 Å². The Morgan fingerprint density at radius 1 is 0.977 bits per heavy atom. The van der Waals surface area contributed by atoms with Crippen molar-refractivity contribution in [2.75, 3.05) is 17.2 Å². The van der Waals surface area contributed by atoms with E-state index in [0.29, 0.717) is 11.4 Å². The Labute approximate surface area is 252 Å². The maximum atomic E-state index is 13.4. The molecule has 1 heterocycles. The molecule has 232 valence electrons. The zero-order valence-corrected chi connectivity index (χ0v) is 24.9. The first-order chi connectivity index (χ1) is 20.7. The van der Waals surface area contributed by atoms with Crippen molar-refractivity contribution in [1.29, 1.82) is 5.26 Å². The topological polar surface area (TPSA) is 93.9 Å². The molecule has 0 radical (unpaired) electrons. The largest absolute Gasteiger partial charge is 0.416 e. The van der Waals surface area contributed by atoms with Gasteiger partial charge in [-0.1, -0.05) is 37.5 Å². The minimum Gasteiger partial charge on any atom is -0.393 e. The number of aromatic nitrogens is 2. The second-order valence-electron chi connectivity index (χ2n) is 14.0. The summed E-state index contributed by atoms with van der Waals surface area (Å²) in [7, 11) is 0. The fraction of sp³-hybridized carbons (Fsp3) is 0.676. The number of anilines is 2. The van der Waals surface area contributed by atoms with Crippen LogP contribution in [0.1, 0.15) is 100 Å². The third-order valence-electron chi connectivity index (χ3n) is 11.1. The van der Waals surface area contributed by atoms with Crippen molar-refractivity contribution in [2.45, 2.75) is 102 Å². The molecule has 5 aliphatic rings. The highest BCUT2D eigenvalue weighted by Crippen LogP contribution is 2.63. The molecular formula is C34H44F3N5O. The van der Waals surface area contributed by atoms with Crippen LogP contribution in [0.4, 0.5) is 24.9 Å². The Bertz CT molecular complexity index is 1290. The van der Waals surface area contributed by atoms with Gasteiger partial charge in [-0.25, -0.2) is 4.98 Å². The number of halogens is 3. The Balaban J connectivity index is 1.04. The molecule has 43 heavy (non-hydrogen) atoms. The van der Waals surface area contributed by atoms with Gasteiger partial charge in [-0.3, -0.25) is 0 Å². The molecule has 4 bridgehead atoms. The van der Waals surface area contributed by atoms with E-state index < -0.39 is 11.7 Å². The minimum absolute atomic E-state index is 0.0683. The molecule has 5 aliphatic carbocycles. The molecule has 1 aromatic heterocycles. The van der Waals surface area contributed by atoms with Crippen molar-refractivity contribution >= 4 is 11.8 Å². The maximum Gasteiger partial charge on any atom is 0.416 e. The molecule has 5 saturated carbocycles. The molecule has 0 amide bonds. The maximum absolute atomic E-state index is 13.4. The summed E-state index contributed by atoms with van der Waals surface area (Å²) in [5.74, 6) is 4.65. The average molecular weight is 596 g/mol. The van der Waals surface area contributed by atoms with E-state index in [9.17, 15) is 23.5 Å². The molecule has 0 spiro atoms. The molecule has 3 unspecified atom stereocenters. The Hall–Kier alpha value is -2.86. The summed E-state index contributed by atoms with van der Waals surface area (Å²) < 4.78 is 40.3. The van der Waals surface area contributed by atoms with Crippen molar-refractivity contribution in [1.82, 2.24) is 9.97 Å². The van der Waals surface area contributed by atoms with Gasteiger partial charge in [0.05, 0.1) is 17.9 Å². The van der Waals surface area contributed by atoms with Gasteiger partial charge in [0.15, 0.2) is 0 Å². The lowest BCUT2D eigenvalue weighted by atomic mass is 9.45. The van der Waals surface area contributed by atoms with Gasteiger partial charge in [0.25, 0.3) is 0 Å². The molecule has 5 fully saturated rings. The number of nitrogens with one attached hydrogen (secondary N) is 2. The number of hydrogen-bond acceptors (Lipinski definition) is 6. The van der Waals surface area contributed by atoms with Gasteiger partial charge >= 0.3 is 6.18 Å². The lowest BCUT2D eigenvalue weighted by Gasteiger charge is -2.60. The lowest BCUT2D eigenvalue weighted by Crippen LogP contribution is -2.53. The van der Waals surface area contributed by atoms with E-state index in [4.69, 9.17) is 0 Å². The summed E-state index contributed by atoms with van der Waals surface area (Å²) in [6.45, 7) is 0.694. The molecule has 0 saturated heterocycles. The predicted octanol–water partition coefficient (Wildman–Crippen LogP) is 7.95. The van der Waals surface area contributed by atoms with Crippen molar-refractivity contribution in [2.24, 2.45) is 35.0 Å². The fourth-order valence-corrected chi connectivity index (χ4v) is 9.31. The molecule has 2 aromatic rings. The highest BCUT2D eigenvalue weighted by molar-refractivity contribution is 5.53. The van der Waals surface area contributed by atoms with Crippen molar-refractivity contribution < 1.29 is 18.3 Å². The quantitative estimate of drug-likeness (QED) is 0.228. The van der Waals surface area contributed by atoms with Gasteiger partial charge in [-0.05, 0) is 111 Å². The molecule has 1 aromatic carbocycles. The van der Waals surface area contributed by atoms with Crippen LogP contribution in [0.15, 0.2) is 30.5 Å². The van der Waals surface area contributed by atoms with Gasteiger partial charge in [0.1, 0.15) is 17.5 Å². The van der Waals surface area contributed by atoms with Crippen molar-refractivity contribution in [3.8, 4) is 6.07 Å². The van der Waals surface area contributed by atoms with Gasteiger partial charge < -0.3 is 15.7 Å². The standard InChI is InChI=1S/C34H44F3N5O/c35-34(36,37)30-8-4-2-6-24(30)19-39-32-40-20-27(18-38)31(42-32)41-21-33-15-23-13-25(16-33)29(26(14-23)17-33)7-3-1-5-22-9-11-28(43)12-10-22/h2,4,6,8,20,22-23,25-26,28-29,43H,1,3,5,7,9-17,19,21H2,(H2,39,40,41,42)/t22?,23?,25-,26+,28?,29?,33?. The van der Waals surface area contributed by atoms with Crippen molar-refractivity contribution in [3.63, 3.8) is 0 Å². The Morgan fingerprint density at radius 2 is 1.70 bits per heavy atom. The van der Waals surface area contributed by atoms with Crippen LogP contribution in [0.25, 0.3) is 0 Å². The Morgan fingerprint density at radius 3 is 2.42 bits per heavy atom. The first-order valence-corrected chi connectivity index (χ1v) is 16.3. The van der Waals surface area contributed by atoms with Crippen LogP contribution in [0.3, 0.4) is 0 Å². The summed E-state index contributed by atoms with van der Waals surface area (Å²) >= 11 is 0. The normalized spacial score (nSPS) is 31.5. The van der Waals surface area contributed by atoms with E-state index in [2.05, 4.69) is 26.7 Å². The number of aliphatic hydroxyl groups is 1. The number of rotatable bonds is 11. The highest BCUT2D eigenvalue weighted by atomic mass is 19.4. The van der Waals surface area contributed by atoms with Crippen LogP contribution >= 0.6 is 0 Å². The molecule has 9 heteroatoms. The average Bonchev–Trinajstić information content (AvgIpc) is 2.98. The minimum atomic E-state index is -4.44. The third-order valence-corrected chi connectivity index (χ3v) is 11.1. The van der Waals surface area contributed by atoms with E-state index in [1.807, 2.05) is 0 Å². The second-order valence-corrected chi connectivity index (χ2v) is 14.0. The van der Waals surface area contributed by atoms with Gasteiger partial charge in [0, 0.05) is 13.1 Å².